The van der Waals surface area contributed by atoms with Gasteiger partial charge in [0, 0.05) is 17.3 Å². The van der Waals surface area contributed by atoms with Gasteiger partial charge in [0.25, 0.3) is 0 Å². The summed E-state index contributed by atoms with van der Waals surface area (Å²) < 4.78 is 0. The van der Waals surface area contributed by atoms with Crippen LogP contribution in [0.1, 0.15) is 0 Å². The predicted octanol–water partition coefficient (Wildman–Crippen LogP) is 3.18. The fraction of sp³-hybridized carbons (Fsp3) is 0. The molecule has 0 atom stereocenters. The molecular formula is C16H13N3O. The number of hydrogen-bond acceptors (Lipinski definition) is 3. The summed E-state index contributed by atoms with van der Waals surface area (Å²) in [5.74, 6) is 0.570. The maximum Gasteiger partial charge on any atom is 0.210 e. The summed E-state index contributed by atoms with van der Waals surface area (Å²) in [7, 11) is 0. The van der Waals surface area contributed by atoms with Gasteiger partial charge in [-0.25, -0.2) is 0 Å². The highest BCUT2D eigenvalue weighted by Gasteiger charge is 2.05. The lowest BCUT2D eigenvalue weighted by atomic mass is 10.1. The van der Waals surface area contributed by atoms with Gasteiger partial charge < -0.3 is 5.32 Å². The summed E-state index contributed by atoms with van der Waals surface area (Å²) in [6.07, 6.45) is 0. The number of benzene rings is 2. The zero-order chi connectivity index (χ0) is 13.8. The summed E-state index contributed by atoms with van der Waals surface area (Å²) in [4.78, 5) is 12.1. The van der Waals surface area contributed by atoms with E-state index in [-0.39, 0.29) is 5.43 Å². The van der Waals surface area contributed by atoms with Crippen LogP contribution >= 0.6 is 0 Å². The van der Waals surface area contributed by atoms with E-state index in [9.17, 15) is 4.79 Å². The van der Waals surface area contributed by atoms with Crippen molar-refractivity contribution in [3.05, 3.63) is 77.0 Å². The third-order valence-corrected chi connectivity index (χ3v) is 2.90. The van der Waals surface area contributed by atoms with Crippen LogP contribution in [0.2, 0.25) is 0 Å². The maximum absolute atomic E-state index is 12.1. The van der Waals surface area contributed by atoms with Crippen LogP contribution in [0.25, 0.3) is 11.3 Å². The highest BCUT2D eigenvalue weighted by atomic mass is 16.1. The molecule has 0 aliphatic carbocycles. The molecule has 1 heterocycles. The van der Waals surface area contributed by atoms with E-state index in [0.29, 0.717) is 11.5 Å². The van der Waals surface area contributed by atoms with Gasteiger partial charge in [-0.05, 0) is 12.1 Å². The number of nitrogens with one attached hydrogen (secondary N) is 2. The Morgan fingerprint density at radius 1 is 0.900 bits per heavy atom. The third kappa shape index (κ3) is 2.59. The van der Waals surface area contributed by atoms with Crippen LogP contribution in [0.3, 0.4) is 0 Å². The number of H-pyrrole nitrogens is 1. The van der Waals surface area contributed by atoms with Gasteiger partial charge in [-0.3, -0.25) is 9.89 Å². The van der Waals surface area contributed by atoms with E-state index >= 15 is 0 Å². The lowest BCUT2D eigenvalue weighted by Crippen LogP contribution is -2.10. The van der Waals surface area contributed by atoms with Gasteiger partial charge in [-0.15, -0.1) is 0 Å². The first-order valence-corrected chi connectivity index (χ1v) is 6.30. The van der Waals surface area contributed by atoms with Gasteiger partial charge in [0.05, 0.1) is 0 Å². The van der Waals surface area contributed by atoms with Gasteiger partial charge in [0.15, 0.2) is 0 Å². The van der Waals surface area contributed by atoms with Crippen molar-refractivity contribution in [2.75, 3.05) is 5.32 Å². The summed E-state index contributed by atoms with van der Waals surface area (Å²) in [6.45, 7) is 0. The molecule has 0 aliphatic rings. The standard InChI is InChI=1S/C16H13N3O/c20-14-11-15(17-13-9-5-2-6-10-13)18-19-16(14)12-7-3-1-4-8-12/h1-11H,(H2,17,18,20). The number of aromatic amines is 1. The Hall–Kier alpha value is -2.88. The summed E-state index contributed by atoms with van der Waals surface area (Å²) in [5.41, 5.74) is 2.01. The molecule has 0 spiro atoms. The fourth-order valence-corrected chi connectivity index (χ4v) is 1.95. The molecule has 3 aromatic rings. The van der Waals surface area contributed by atoms with Gasteiger partial charge in [-0.2, -0.15) is 5.10 Å². The van der Waals surface area contributed by atoms with Gasteiger partial charge in [-0.1, -0.05) is 48.5 Å². The molecule has 4 heteroatoms. The minimum atomic E-state index is -0.117. The van der Waals surface area contributed by atoms with E-state index in [2.05, 4.69) is 15.5 Å². The minimum absolute atomic E-state index is 0.117. The van der Waals surface area contributed by atoms with E-state index < -0.39 is 0 Å². The number of aromatic nitrogens is 2. The Bertz CT molecular complexity index is 751. The predicted molar refractivity (Wildman–Crippen MR) is 80.0 cm³/mol. The maximum atomic E-state index is 12.1. The molecule has 0 radical (unpaired) electrons. The average molecular weight is 263 g/mol. The summed E-state index contributed by atoms with van der Waals surface area (Å²) >= 11 is 0. The monoisotopic (exact) mass is 263 g/mol. The molecule has 0 fully saturated rings. The molecule has 0 saturated carbocycles. The zero-order valence-electron chi connectivity index (χ0n) is 10.7. The molecule has 0 amide bonds. The number of hydrogen-bond donors (Lipinski definition) is 2. The second-order valence-corrected chi connectivity index (χ2v) is 4.35. The minimum Gasteiger partial charge on any atom is -0.341 e. The van der Waals surface area contributed by atoms with Crippen molar-refractivity contribution < 1.29 is 0 Å². The lowest BCUT2D eigenvalue weighted by Gasteiger charge is -2.06. The Balaban J connectivity index is 1.91. The molecular weight excluding hydrogens is 250 g/mol. The molecule has 98 valence electrons. The van der Waals surface area contributed by atoms with Gasteiger partial charge in [0.1, 0.15) is 11.5 Å². The van der Waals surface area contributed by atoms with Crippen molar-refractivity contribution >= 4 is 11.5 Å². The Kier molecular flexibility index (Phi) is 3.29. The summed E-state index contributed by atoms with van der Waals surface area (Å²) in [5, 5.41) is 10.1. The van der Waals surface area contributed by atoms with Crippen LogP contribution < -0.4 is 10.7 Å². The SMILES string of the molecule is O=c1cc(Nc2ccccc2)[nH]nc1-c1ccccc1. The van der Waals surface area contributed by atoms with Crippen LogP contribution in [0.15, 0.2) is 71.5 Å². The number of rotatable bonds is 3. The molecule has 3 rings (SSSR count). The smallest absolute Gasteiger partial charge is 0.210 e. The Labute approximate surface area is 116 Å². The molecule has 2 N–H and O–H groups in total. The largest absolute Gasteiger partial charge is 0.341 e. The van der Waals surface area contributed by atoms with Gasteiger partial charge in [0.2, 0.25) is 5.43 Å². The lowest BCUT2D eigenvalue weighted by molar-refractivity contribution is 1.03. The molecule has 0 saturated heterocycles. The highest BCUT2D eigenvalue weighted by molar-refractivity contribution is 5.61. The zero-order valence-corrected chi connectivity index (χ0v) is 10.7. The molecule has 1 aromatic heterocycles. The first kappa shape index (κ1) is 12.2. The van der Waals surface area contributed by atoms with E-state index in [1.807, 2.05) is 60.7 Å². The molecule has 0 bridgehead atoms. The second-order valence-electron chi connectivity index (χ2n) is 4.35. The van der Waals surface area contributed by atoms with Crippen LogP contribution in [0.5, 0.6) is 0 Å². The fourth-order valence-electron chi connectivity index (χ4n) is 1.95. The van der Waals surface area contributed by atoms with Gasteiger partial charge >= 0.3 is 0 Å². The number of nitrogens with zero attached hydrogens (tertiary/aromatic N) is 1. The van der Waals surface area contributed by atoms with Crippen molar-refractivity contribution in [3.63, 3.8) is 0 Å². The van der Waals surface area contributed by atoms with Crippen LogP contribution in [0.4, 0.5) is 11.5 Å². The Morgan fingerprint density at radius 3 is 2.20 bits per heavy atom. The van der Waals surface area contributed by atoms with E-state index in [1.54, 1.807) is 0 Å². The van der Waals surface area contributed by atoms with Crippen molar-refractivity contribution in [3.8, 4) is 11.3 Å². The summed E-state index contributed by atoms with van der Waals surface area (Å²) in [6, 6.07) is 20.5. The quantitative estimate of drug-likeness (QED) is 0.763. The van der Waals surface area contributed by atoms with E-state index in [4.69, 9.17) is 0 Å². The number of para-hydroxylation sites is 1. The van der Waals surface area contributed by atoms with Crippen LogP contribution in [0, 0.1) is 0 Å². The molecule has 0 unspecified atom stereocenters. The van der Waals surface area contributed by atoms with Crippen molar-refractivity contribution in [2.24, 2.45) is 0 Å². The first-order chi connectivity index (χ1) is 9.83. The van der Waals surface area contributed by atoms with Crippen molar-refractivity contribution in [1.29, 1.82) is 0 Å². The molecule has 2 aromatic carbocycles. The van der Waals surface area contributed by atoms with Crippen LogP contribution in [-0.2, 0) is 0 Å². The van der Waals surface area contributed by atoms with Crippen molar-refractivity contribution in [1.82, 2.24) is 10.2 Å². The Morgan fingerprint density at radius 2 is 1.55 bits per heavy atom. The topological polar surface area (TPSA) is 57.8 Å². The second kappa shape index (κ2) is 5.40. The van der Waals surface area contributed by atoms with Crippen LogP contribution in [-0.4, -0.2) is 10.2 Å². The van der Waals surface area contributed by atoms with E-state index in [0.717, 1.165) is 11.3 Å². The average Bonchev–Trinajstić information content (AvgIpc) is 2.49. The molecule has 4 nitrogen and oxygen atoms in total. The normalized spacial score (nSPS) is 10.2. The highest BCUT2D eigenvalue weighted by Crippen LogP contribution is 2.14. The molecule has 0 aliphatic heterocycles. The molecule has 20 heavy (non-hydrogen) atoms. The van der Waals surface area contributed by atoms with Crippen molar-refractivity contribution in [2.45, 2.75) is 0 Å². The third-order valence-electron chi connectivity index (χ3n) is 2.90. The number of anilines is 2. The first-order valence-electron chi connectivity index (χ1n) is 6.30. The van der Waals surface area contributed by atoms with E-state index in [1.165, 1.54) is 6.07 Å².